The van der Waals surface area contributed by atoms with E-state index in [1.54, 1.807) is 0 Å². The second-order valence-electron chi connectivity index (χ2n) is 6.37. The molecule has 5 nitrogen and oxygen atoms in total. The molecule has 1 fully saturated rings. The van der Waals surface area contributed by atoms with Gasteiger partial charge in [0.25, 0.3) is 5.91 Å². The predicted molar refractivity (Wildman–Crippen MR) is 83.7 cm³/mol. The van der Waals surface area contributed by atoms with Crippen LogP contribution in [0.1, 0.15) is 32.8 Å². The summed E-state index contributed by atoms with van der Waals surface area (Å²) in [7, 11) is 0. The van der Waals surface area contributed by atoms with Crippen LogP contribution in [0.2, 0.25) is 0 Å². The Hall–Kier alpha value is -1.88. The van der Waals surface area contributed by atoms with E-state index in [2.05, 4.69) is 5.16 Å². The highest BCUT2D eigenvalue weighted by atomic mass is 16.7. The van der Waals surface area contributed by atoms with E-state index in [4.69, 9.17) is 9.57 Å². The number of rotatable bonds is 2. The Labute approximate surface area is 130 Å². The number of carbonyl (C=O) groups is 1. The first-order chi connectivity index (χ1) is 10.5. The Balaban J connectivity index is 1.71. The molecule has 2 aliphatic rings. The molecule has 0 bridgehead atoms. The number of amides is 1. The highest BCUT2D eigenvalue weighted by Gasteiger charge is 2.45. The molecule has 0 saturated carbocycles. The highest BCUT2D eigenvalue weighted by molar-refractivity contribution is 6.05. The second kappa shape index (κ2) is 5.72. The first kappa shape index (κ1) is 15.0. The Kier molecular flexibility index (Phi) is 3.91. The molecule has 3 atom stereocenters. The van der Waals surface area contributed by atoms with E-state index in [1.807, 2.05) is 56.0 Å². The van der Waals surface area contributed by atoms with Crippen molar-refractivity contribution in [2.45, 2.75) is 45.0 Å². The summed E-state index contributed by atoms with van der Waals surface area (Å²) in [6.07, 6.45) is 0.593. The van der Waals surface area contributed by atoms with E-state index in [0.717, 1.165) is 11.3 Å². The molecule has 1 aromatic carbocycles. The zero-order valence-electron chi connectivity index (χ0n) is 13.3. The van der Waals surface area contributed by atoms with Crippen LogP contribution < -0.4 is 0 Å². The number of benzene rings is 1. The second-order valence-corrected chi connectivity index (χ2v) is 6.37. The molecule has 2 heterocycles. The lowest BCUT2D eigenvalue weighted by molar-refractivity contribution is -0.164. The molecule has 0 aromatic heterocycles. The molecule has 0 radical (unpaired) electrons. The van der Waals surface area contributed by atoms with Crippen LogP contribution in [0.15, 0.2) is 35.5 Å². The number of oxime groups is 1. The minimum Gasteiger partial charge on any atom is -0.379 e. The third-order valence-electron chi connectivity index (χ3n) is 4.13. The topological polar surface area (TPSA) is 51.1 Å². The molecular weight excluding hydrogens is 280 g/mol. The van der Waals surface area contributed by atoms with Gasteiger partial charge < -0.3 is 14.5 Å². The van der Waals surface area contributed by atoms with Crippen molar-refractivity contribution in [3.63, 3.8) is 0 Å². The highest BCUT2D eigenvalue weighted by Crippen LogP contribution is 2.29. The monoisotopic (exact) mass is 302 g/mol. The summed E-state index contributed by atoms with van der Waals surface area (Å²) in [6, 6.07) is 9.84. The number of nitrogens with zero attached hydrogens (tertiary/aromatic N) is 2. The zero-order chi connectivity index (χ0) is 15.7. The molecule has 3 unspecified atom stereocenters. The van der Waals surface area contributed by atoms with E-state index in [9.17, 15) is 4.79 Å². The van der Waals surface area contributed by atoms with Crippen LogP contribution >= 0.6 is 0 Å². The molecule has 2 aliphatic heterocycles. The minimum absolute atomic E-state index is 0.0100. The predicted octanol–water partition coefficient (Wildman–Crippen LogP) is 2.21. The Morgan fingerprint density at radius 3 is 2.50 bits per heavy atom. The van der Waals surface area contributed by atoms with Crippen molar-refractivity contribution in [1.82, 2.24) is 4.90 Å². The third kappa shape index (κ3) is 2.86. The lowest BCUT2D eigenvalue weighted by atomic mass is 9.94. The minimum atomic E-state index is -0.915. The molecule has 1 amide bonds. The third-order valence-corrected chi connectivity index (χ3v) is 4.13. The Morgan fingerprint density at radius 2 is 1.86 bits per heavy atom. The van der Waals surface area contributed by atoms with Gasteiger partial charge in [-0.3, -0.25) is 4.79 Å². The van der Waals surface area contributed by atoms with Crippen LogP contribution in [-0.4, -0.2) is 47.4 Å². The Morgan fingerprint density at radius 1 is 1.23 bits per heavy atom. The summed E-state index contributed by atoms with van der Waals surface area (Å²) >= 11 is 0. The summed E-state index contributed by atoms with van der Waals surface area (Å²) in [5.74, 6) is -0.0100. The maximum Gasteiger partial charge on any atom is 0.269 e. The molecule has 0 N–H and O–H groups in total. The maximum absolute atomic E-state index is 12.9. The van der Waals surface area contributed by atoms with E-state index in [0.29, 0.717) is 19.5 Å². The number of morpholine rings is 1. The fraction of sp³-hybridized carbons (Fsp3) is 0.529. The molecule has 3 rings (SSSR count). The molecule has 1 aromatic rings. The normalized spacial score (nSPS) is 31.6. The molecule has 118 valence electrons. The summed E-state index contributed by atoms with van der Waals surface area (Å²) in [4.78, 5) is 20.2. The number of carbonyl (C=O) groups excluding carboxylic acids is 1. The first-order valence-electron chi connectivity index (χ1n) is 7.73. The van der Waals surface area contributed by atoms with Gasteiger partial charge in [0.1, 0.15) is 0 Å². The summed E-state index contributed by atoms with van der Waals surface area (Å²) in [6.45, 7) is 6.99. The summed E-state index contributed by atoms with van der Waals surface area (Å²) in [5, 5.41) is 4.15. The molecule has 22 heavy (non-hydrogen) atoms. The van der Waals surface area contributed by atoms with Crippen LogP contribution in [-0.2, 0) is 14.4 Å². The lowest BCUT2D eigenvalue weighted by Crippen LogP contribution is -2.55. The quantitative estimate of drug-likeness (QED) is 0.841. The van der Waals surface area contributed by atoms with Gasteiger partial charge in [-0.05, 0) is 26.3 Å². The van der Waals surface area contributed by atoms with Crippen LogP contribution in [0.25, 0.3) is 0 Å². The van der Waals surface area contributed by atoms with Crippen molar-refractivity contribution in [3.05, 3.63) is 35.9 Å². The van der Waals surface area contributed by atoms with Crippen molar-refractivity contribution < 1.29 is 14.4 Å². The van der Waals surface area contributed by atoms with Gasteiger partial charge in [-0.25, -0.2) is 0 Å². The maximum atomic E-state index is 12.9. The van der Waals surface area contributed by atoms with E-state index in [-0.39, 0.29) is 18.1 Å². The van der Waals surface area contributed by atoms with Gasteiger partial charge in [0.15, 0.2) is 0 Å². The van der Waals surface area contributed by atoms with Crippen molar-refractivity contribution in [2.75, 3.05) is 13.1 Å². The van der Waals surface area contributed by atoms with E-state index < -0.39 is 5.60 Å². The van der Waals surface area contributed by atoms with Crippen LogP contribution in [0, 0.1) is 0 Å². The zero-order valence-corrected chi connectivity index (χ0v) is 13.3. The molecule has 1 saturated heterocycles. The number of hydrogen-bond donors (Lipinski definition) is 0. The van der Waals surface area contributed by atoms with Gasteiger partial charge >= 0.3 is 0 Å². The number of ether oxygens (including phenoxy) is 1. The molecule has 5 heteroatoms. The van der Waals surface area contributed by atoms with Gasteiger partial charge in [-0.1, -0.05) is 35.5 Å². The SMILES string of the molecule is CC1CN(C(=O)C2(C)CC(c3ccccc3)=NO2)CC(C)O1. The average Bonchev–Trinajstić information content (AvgIpc) is 2.90. The van der Waals surface area contributed by atoms with Gasteiger partial charge in [-0.2, -0.15) is 0 Å². The summed E-state index contributed by atoms with van der Waals surface area (Å²) in [5.41, 5.74) is 0.913. The smallest absolute Gasteiger partial charge is 0.269 e. The lowest BCUT2D eigenvalue weighted by Gasteiger charge is -2.38. The van der Waals surface area contributed by atoms with Crippen molar-refractivity contribution in [3.8, 4) is 0 Å². The summed E-state index contributed by atoms with van der Waals surface area (Å²) < 4.78 is 5.69. The van der Waals surface area contributed by atoms with Crippen molar-refractivity contribution >= 4 is 11.6 Å². The van der Waals surface area contributed by atoms with E-state index >= 15 is 0 Å². The first-order valence-corrected chi connectivity index (χ1v) is 7.73. The van der Waals surface area contributed by atoms with E-state index in [1.165, 1.54) is 0 Å². The van der Waals surface area contributed by atoms with Crippen molar-refractivity contribution in [2.24, 2.45) is 5.16 Å². The van der Waals surface area contributed by atoms with Crippen LogP contribution in [0.5, 0.6) is 0 Å². The Bertz CT molecular complexity index is 577. The average molecular weight is 302 g/mol. The fourth-order valence-corrected chi connectivity index (χ4v) is 3.12. The van der Waals surface area contributed by atoms with Gasteiger partial charge in [0.2, 0.25) is 5.60 Å². The molecule has 0 aliphatic carbocycles. The van der Waals surface area contributed by atoms with Gasteiger partial charge in [-0.15, -0.1) is 0 Å². The number of hydrogen-bond acceptors (Lipinski definition) is 4. The van der Waals surface area contributed by atoms with Crippen molar-refractivity contribution in [1.29, 1.82) is 0 Å². The molecule has 0 spiro atoms. The van der Waals surface area contributed by atoms with Gasteiger partial charge in [0, 0.05) is 19.5 Å². The molecular formula is C17H22N2O3. The standard InChI is InChI=1S/C17H22N2O3/c1-12-10-19(11-13(2)21-12)16(20)17(3)9-15(18-22-17)14-7-5-4-6-8-14/h4-8,12-13H,9-11H2,1-3H3. The largest absolute Gasteiger partial charge is 0.379 e. The van der Waals surface area contributed by atoms with Gasteiger partial charge in [0.05, 0.1) is 17.9 Å². The fourth-order valence-electron chi connectivity index (χ4n) is 3.12. The van der Waals surface area contributed by atoms with Crippen LogP contribution in [0.4, 0.5) is 0 Å². The van der Waals surface area contributed by atoms with Crippen LogP contribution in [0.3, 0.4) is 0 Å².